The van der Waals surface area contributed by atoms with Crippen LogP contribution in [0.3, 0.4) is 0 Å². The summed E-state index contributed by atoms with van der Waals surface area (Å²) < 4.78 is 4.88. The molecule has 1 rings (SSSR count). The first-order valence-corrected chi connectivity index (χ1v) is 5.32. The van der Waals surface area contributed by atoms with E-state index in [4.69, 9.17) is 4.74 Å². The lowest BCUT2D eigenvalue weighted by atomic mass is 10.2. The third kappa shape index (κ3) is 3.71. The quantitative estimate of drug-likeness (QED) is 0.442. The highest BCUT2D eigenvalue weighted by atomic mass is 16.5. The minimum absolute atomic E-state index is 0.343. The average Bonchev–Trinajstić information content (AvgIpc) is 2.31. The summed E-state index contributed by atoms with van der Waals surface area (Å²) in [6.07, 6.45) is 0.565. The van der Waals surface area contributed by atoms with Crippen molar-refractivity contribution in [1.82, 2.24) is 0 Å². The maximum absolute atomic E-state index is 11.4. The van der Waals surface area contributed by atoms with Gasteiger partial charge in [0.15, 0.2) is 0 Å². The van der Waals surface area contributed by atoms with Crippen LogP contribution < -0.4 is 0 Å². The van der Waals surface area contributed by atoms with Gasteiger partial charge in [0.25, 0.3) is 0 Å². The molecule has 0 N–H and O–H groups in total. The maximum Gasteiger partial charge on any atom is 0.343 e. The number of ether oxygens (including phenoxy) is 1. The molecule has 0 saturated carbocycles. The number of benzene rings is 1. The molecule has 16 heavy (non-hydrogen) atoms. The van der Waals surface area contributed by atoms with Gasteiger partial charge in [-0.15, -0.1) is 0 Å². The van der Waals surface area contributed by atoms with E-state index in [0.29, 0.717) is 18.6 Å². The molecule has 1 aromatic rings. The van der Waals surface area contributed by atoms with Crippen LogP contribution in [-0.2, 0) is 9.53 Å². The van der Waals surface area contributed by atoms with Crippen molar-refractivity contribution >= 4 is 17.5 Å². The summed E-state index contributed by atoms with van der Waals surface area (Å²) in [5.41, 5.74) is 1.24. The molecule has 3 heteroatoms. The fraction of sp³-hybridized carbons (Fsp3) is 0.308. The number of nitrogens with zero attached hydrogens (tertiary/aromatic N) is 1. The summed E-state index contributed by atoms with van der Waals surface area (Å²) in [7, 11) is 0. The molecule has 3 nitrogen and oxygen atoms in total. The highest BCUT2D eigenvalue weighted by molar-refractivity contribution is 5.98. The van der Waals surface area contributed by atoms with E-state index in [2.05, 4.69) is 10.9 Å². The van der Waals surface area contributed by atoms with Gasteiger partial charge in [0.05, 0.1) is 17.9 Å². The molecule has 0 aliphatic carbocycles. The molecule has 0 unspecified atom stereocenters. The van der Waals surface area contributed by atoms with Crippen LogP contribution in [0.5, 0.6) is 0 Å². The van der Waals surface area contributed by atoms with Crippen LogP contribution in [0, 0.1) is 0 Å². The molecular weight excluding hydrogens is 202 g/mol. The van der Waals surface area contributed by atoms with Crippen LogP contribution in [0.1, 0.15) is 20.3 Å². The van der Waals surface area contributed by atoms with E-state index in [-0.39, 0.29) is 5.97 Å². The van der Waals surface area contributed by atoms with Crippen LogP contribution in [0.2, 0.25) is 0 Å². The normalized spacial score (nSPS) is 9.12. The zero-order chi connectivity index (χ0) is 11.8. The van der Waals surface area contributed by atoms with Crippen molar-refractivity contribution < 1.29 is 9.53 Å². The Morgan fingerprint density at radius 1 is 1.31 bits per heavy atom. The Hall–Kier alpha value is -1.86. The minimum Gasteiger partial charge on any atom is -0.462 e. The number of para-hydroxylation sites is 1. The Morgan fingerprint density at radius 2 is 2.00 bits per heavy atom. The van der Waals surface area contributed by atoms with Crippen LogP contribution in [0.25, 0.3) is 0 Å². The Balaban J connectivity index is 2.87. The molecule has 0 amide bonds. The second kappa shape index (κ2) is 6.59. The molecule has 0 bridgehead atoms. The van der Waals surface area contributed by atoms with Gasteiger partial charge in [-0.1, -0.05) is 25.1 Å². The van der Waals surface area contributed by atoms with E-state index in [9.17, 15) is 4.79 Å². The van der Waals surface area contributed by atoms with E-state index in [1.807, 2.05) is 37.3 Å². The van der Waals surface area contributed by atoms with Gasteiger partial charge < -0.3 is 4.74 Å². The van der Waals surface area contributed by atoms with Gasteiger partial charge in [0.1, 0.15) is 0 Å². The summed E-state index contributed by atoms with van der Waals surface area (Å²) in [5.74, 6) is 2.39. The first kappa shape index (κ1) is 12.2. The van der Waals surface area contributed by atoms with Gasteiger partial charge in [0.2, 0.25) is 0 Å². The zero-order valence-electron chi connectivity index (χ0n) is 9.56. The van der Waals surface area contributed by atoms with E-state index >= 15 is 0 Å². The topological polar surface area (TPSA) is 38.7 Å². The zero-order valence-corrected chi connectivity index (χ0v) is 9.56. The number of carbonyl (C=O) groups is 1. The van der Waals surface area contributed by atoms with E-state index in [0.717, 1.165) is 5.69 Å². The van der Waals surface area contributed by atoms with Crippen molar-refractivity contribution in [2.45, 2.75) is 20.3 Å². The summed E-state index contributed by atoms with van der Waals surface area (Å²) in [5, 5.41) is 0. The molecule has 1 aromatic carbocycles. The van der Waals surface area contributed by atoms with E-state index in [1.54, 1.807) is 6.92 Å². The van der Waals surface area contributed by atoms with Crippen LogP contribution in [0.4, 0.5) is 5.69 Å². The summed E-state index contributed by atoms with van der Waals surface area (Å²) in [4.78, 5) is 15.5. The lowest BCUT2D eigenvalue weighted by Gasteiger charge is -1.99. The van der Waals surface area contributed by atoms with Crippen molar-refractivity contribution in [2.75, 3.05) is 6.61 Å². The highest BCUT2D eigenvalue weighted by Gasteiger charge is 2.06. The lowest BCUT2D eigenvalue weighted by molar-refractivity contribution is -0.138. The third-order valence-electron chi connectivity index (χ3n) is 1.95. The fourth-order valence-corrected chi connectivity index (χ4v) is 1.12. The SMILES string of the molecule is CCOC(=O)C(=C=Nc1ccccc1)CC. The molecule has 0 aliphatic heterocycles. The first-order valence-electron chi connectivity index (χ1n) is 5.32. The molecule has 0 spiro atoms. The molecule has 0 atom stereocenters. The fourth-order valence-electron chi connectivity index (χ4n) is 1.12. The third-order valence-corrected chi connectivity index (χ3v) is 1.95. The summed E-state index contributed by atoms with van der Waals surface area (Å²) in [6, 6.07) is 9.39. The average molecular weight is 217 g/mol. The van der Waals surface area contributed by atoms with Gasteiger partial charge >= 0.3 is 5.97 Å². The Kier molecular flexibility index (Phi) is 5.03. The van der Waals surface area contributed by atoms with Crippen molar-refractivity contribution in [2.24, 2.45) is 4.99 Å². The van der Waals surface area contributed by atoms with Crippen molar-refractivity contribution in [3.8, 4) is 0 Å². The first-order chi connectivity index (χ1) is 7.77. The Labute approximate surface area is 95.5 Å². The predicted octanol–water partition coefficient (Wildman–Crippen LogP) is 2.89. The number of carbonyl (C=O) groups excluding carboxylic acids is 1. The molecule has 0 aliphatic rings. The van der Waals surface area contributed by atoms with Gasteiger partial charge in [-0.3, -0.25) is 0 Å². The monoisotopic (exact) mass is 217 g/mol. The Bertz CT molecular complexity index is 403. The number of rotatable bonds is 4. The maximum atomic E-state index is 11.4. The van der Waals surface area contributed by atoms with Crippen LogP contribution in [0.15, 0.2) is 40.9 Å². The van der Waals surface area contributed by atoms with Crippen LogP contribution in [-0.4, -0.2) is 18.4 Å². The van der Waals surface area contributed by atoms with Gasteiger partial charge in [-0.25, -0.2) is 9.79 Å². The van der Waals surface area contributed by atoms with E-state index < -0.39 is 0 Å². The minimum atomic E-state index is -0.343. The highest BCUT2D eigenvalue weighted by Crippen LogP contribution is 2.09. The second-order valence-corrected chi connectivity index (χ2v) is 3.11. The molecule has 84 valence electrons. The number of hydrogen-bond donors (Lipinski definition) is 0. The lowest BCUT2D eigenvalue weighted by Crippen LogP contribution is -2.07. The predicted molar refractivity (Wildman–Crippen MR) is 64.0 cm³/mol. The molecular formula is C13H15NO2. The number of hydrogen-bond acceptors (Lipinski definition) is 3. The van der Waals surface area contributed by atoms with E-state index in [1.165, 1.54) is 0 Å². The van der Waals surface area contributed by atoms with Gasteiger partial charge in [-0.05, 0) is 31.3 Å². The Morgan fingerprint density at radius 3 is 2.56 bits per heavy atom. The summed E-state index contributed by atoms with van der Waals surface area (Å²) >= 11 is 0. The van der Waals surface area contributed by atoms with Crippen LogP contribution >= 0.6 is 0 Å². The van der Waals surface area contributed by atoms with Crippen molar-refractivity contribution in [3.63, 3.8) is 0 Å². The molecule has 0 aromatic heterocycles. The standard InChI is InChI=1S/C13H15NO2/c1-3-11(13(15)16-4-2)10-14-12-8-6-5-7-9-12/h5-9H,3-4H2,1-2H3. The smallest absolute Gasteiger partial charge is 0.343 e. The molecule has 0 radical (unpaired) electrons. The van der Waals surface area contributed by atoms with Crippen molar-refractivity contribution in [1.29, 1.82) is 0 Å². The molecule has 0 saturated heterocycles. The molecule has 0 heterocycles. The second-order valence-electron chi connectivity index (χ2n) is 3.11. The number of esters is 1. The van der Waals surface area contributed by atoms with Crippen molar-refractivity contribution in [3.05, 3.63) is 35.9 Å². The number of aliphatic imine (C=N–C) groups is 1. The molecule has 0 fully saturated rings. The van der Waals surface area contributed by atoms with Gasteiger partial charge in [-0.2, -0.15) is 0 Å². The summed E-state index contributed by atoms with van der Waals surface area (Å²) in [6.45, 7) is 4.02. The largest absolute Gasteiger partial charge is 0.462 e. The van der Waals surface area contributed by atoms with Gasteiger partial charge in [0, 0.05) is 0 Å².